The number of aryl methyl sites for hydroxylation is 1. The molecule has 0 spiro atoms. The number of hydrogen-bond donors (Lipinski definition) is 1. The number of rotatable bonds is 4. The van der Waals surface area contributed by atoms with Gasteiger partial charge in [-0.2, -0.15) is 5.10 Å². The van der Waals surface area contributed by atoms with Gasteiger partial charge in [0, 0.05) is 70.8 Å². The van der Waals surface area contributed by atoms with Gasteiger partial charge in [-0.05, 0) is 42.1 Å². The molecule has 5 aromatic rings. The molecule has 42 heavy (non-hydrogen) atoms. The van der Waals surface area contributed by atoms with Crippen molar-refractivity contribution in [2.45, 2.75) is 31.7 Å². The van der Waals surface area contributed by atoms with Crippen LogP contribution in [0.2, 0.25) is 0 Å². The zero-order chi connectivity index (χ0) is 28.1. The molecule has 1 saturated carbocycles. The van der Waals surface area contributed by atoms with Crippen molar-refractivity contribution in [3.8, 4) is 22.5 Å². The Bertz CT molecular complexity index is 1760. The zero-order valence-electron chi connectivity index (χ0n) is 23.7. The maximum atomic E-state index is 11.9. The number of nitrogens with two attached hydrogens (primary N) is 1. The third kappa shape index (κ3) is 4.95. The maximum Gasteiger partial charge on any atom is 0.409 e. The second-order valence-corrected chi connectivity index (χ2v) is 10.8. The first-order valence-electron chi connectivity index (χ1n) is 14.0. The molecular formula is C31H31N8O2Y-. The Hall–Kier alpha value is -3.47. The first-order valence-corrected chi connectivity index (χ1v) is 14.0. The van der Waals surface area contributed by atoms with Gasteiger partial charge >= 0.3 is 6.09 Å². The van der Waals surface area contributed by atoms with E-state index in [1.807, 2.05) is 34.8 Å². The normalized spacial score (nSPS) is 19.0. The summed E-state index contributed by atoms with van der Waals surface area (Å²) in [7, 11) is 1.43. The number of methoxy groups -OCH3 is 1. The zero-order valence-corrected chi connectivity index (χ0v) is 26.5. The van der Waals surface area contributed by atoms with Crippen LogP contribution in [-0.2, 0) is 37.4 Å². The van der Waals surface area contributed by atoms with Crippen molar-refractivity contribution >= 4 is 28.3 Å². The summed E-state index contributed by atoms with van der Waals surface area (Å²) in [6.45, 7) is 5.14. The Balaban J connectivity index is 0.00000316. The number of imidazole rings is 1. The third-order valence-electron chi connectivity index (χ3n) is 8.58. The van der Waals surface area contributed by atoms with Crippen LogP contribution in [0.15, 0.2) is 54.9 Å². The summed E-state index contributed by atoms with van der Waals surface area (Å²) >= 11 is 0. The van der Waals surface area contributed by atoms with E-state index < -0.39 is 0 Å². The van der Waals surface area contributed by atoms with Crippen molar-refractivity contribution < 1.29 is 42.2 Å². The summed E-state index contributed by atoms with van der Waals surface area (Å²) < 4.78 is 6.75. The molecule has 0 bridgehead atoms. The summed E-state index contributed by atoms with van der Waals surface area (Å²) in [5.74, 6) is 1.57. The van der Waals surface area contributed by atoms with Crippen LogP contribution in [0.3, 0.4) is 0 Å². The van der Waals surface area contributed by atoms with Crippen molar-refractivity contribution in [1.29, 1.82) is 0 Å². The van der Waals surface area contributed by atoms with E-state index >= 15 is 0 Å². The molecule has 10 nitrogen and oxygen atoms in total. The SMILES string of the molecule is COC(=O)N1CCN(C2CC(c3nc(-c4ccc5[c-]cc(-c6ccccc6)nc5c4C)c4c(N)ncnn34)C2)CC1.[Y]. The van der Waals surface area contributed by atoms with Crippen molar-refractivity contribution in [3.05, 3.63) is 72.3 Å². The number of nitrogens with zero attached hydrogens (tertiary/aromatic N) is 7. The van der Waals surface area contributed by atoms with E-state index in [4.69, 9.17) is 20.4 Å². The fourth-order valence-electron chi connectivity index (χ4n) is 6.20. The van der Waals surface area contributed by atoms with Crippen molar-refractivity contribution in [3.63, 3.8) is 0 Å². The number of amides is 1. The minimum atomic E-state index is -0.252. The van der Waals surface area contributed by atoms with E-state index in [0.717, 1.165) is 76.3 Å². The molecule has 3 aromatic heterocycles. The minimum absolute atomic E-state index is 0. The van der Waals surface area contributed by atoms with Crippen LogP contribution in [0.1, 0.15) is 30.1 Å². The predicted molar refractivity (Wildman–Crippen MR) is 156 cm³/mol. The number of nitrogen functional groups attached to an aromatic ring is 1. The number of benzene rings is 2. The largest absolute Gasteiger partial charge is 0.453 e. The van der Waals surface area contributed by atoms with Crippen molar-refractivity contribution in [1.82, 2.24) is 34.4 Å². The first kappa shape index (κ1) is 28.6. The van der Waals surface area contributed by atoms with Gasteiger partial charge in [-0.25, -0.2) is 19.3 Å². The van der Waals surface area contributed by atoms with Crippen LogP contribution in [0.5, 0.6) is 0 Å². The fourth-order valence-corrected chi connectivity index (χ4v) is 6.20. The van der Waals surface area contributed by atoms with Gasteiger partial charge in [0.2, 0.25) is 0 Å². The second-order valence-electron chi connectivity index (χ2n) is 10.8. The van der Waals surface area contributed by atoms with Crippen molar-refractivity contribution in [2.75, 3.05) is 39.0 Å². The molecule has 1 aliphatic heterocycles. The van der Waals surface area contributed by atoms with Crippen molar-refractivity contribution in [2.24, 2.45) is 0 Å². The molecule has 7 rings (SSSR count). The summed E-state index contributed by atoms with van der Waals surface area (Å²) in [5.41, 5.74) is 12.7. The van der Waals surface area contributed by atoms with Gasteiger partial charge in [-0.15, -0.1) is 23.6 Å². The molecule has 11 heteroatoms. The standard InChI is InChI=1S/C31H31N8O2.Y/c1-19-24(10-8-21-9-11-25(35-26(19)21)20-6-4-3-5-7-20)27-28-29(32)33-18-34-39(28)30(36-27)22-16-23(17-22)37-12-14-38(15-13-37)31(40)41-2;/h3-8,10-11,18,22-23H,12-17H2,1-2H3,(H2,32,33,34);/q-1;. The number of hydrogen-bond acceptors (Lipinski definition) is 8. The predicted octanol–water partition coefficient (Wildman–Crippen LogP) is 4.32. The Morgan fingerprint density at radius 2 is 1.81 bits per heavy atom. The molecule has 1 saturated heterocycles. The number of carbonyl (C=O) groups is 1. The Labute approximate surface area is 269 Å². The second kappa shape index (κ2) is 11.7. The number of anilines is 1. The van der Waals surface area contributed by atoms with Crippen LogP contribution in [0, 0.1) is 13.0 Å². The molecule has 1 amide bonds. The minimum Gasteiger partial charge on any atom is -0.453 e. The van der Waals surface area contributed by atoms with Gasteiger partial charge < -0.3 is 20.4 Å². The quantitative estimate of drug-likeness (QED) is 0.290. The smallest absolute Gasteiger partial charge is 0.409 e. The van der Waals surface area contributed by atoms with Gasteiger partial charge in [0.25, 0.3) is 0 Å². The summed E-state index contributed by atoms with van der Waals surface area (Å²) in [5, 5.41) is 5.53. The van der Waals surface area contributed by atoms with E-state index in [1.165, 1.54) is 13.4 Å². The van der Waals surface area contributed by atoms with Gasteiger partial charge in [-0.1, -0.05) is 42.0 Å². The molecule has 0 atom stereocenters. The van der Waals surface area contributed by atoms with E-state index in [0.29, 0.717) is 24.9 Å². The van der Waals surface area contributed by atoms with E-state index in [1.54, 1.807) is 4.90 Å². The molecule has 2 aromatic carbocycles. The molecule has 0 unspecified atom stereocenters. The van der Waals surface area contributed by atoms with E-state index in [9.17, 15) is 4.79 Å². The van der Waals surface area contributed by atoms with Crippen LogP contribution in [0.4, 0.5) is 10.6 Å². The van der Waals surface area contributed by atoms with Crippen LogP contribution in [-0.4, -0.2) is 79.8 Å². The summed E-state index contributed by atoms with van der Waals surface area (Å²) in [4.78, 5) is 30.6. The van der Waals surface area contributed by atoms with Crippen LogP contribution < -0.4 is 5.73 Å². The van der Waals surface area contributed by atoms with Gasteiger partial charge in [0.1, 0.15) is 23.4 Å². The van der Waals surface area contributed by atoms with Crippen LogP contribution in [0.25, 0.3) is 38.9 Å². The number of aromatic nitrogens is 5. The monoisotopic (exact) mass is 636 g/mol. The Kier molecular flexibility index (Phi) is 7.96. The average molecular weight is 637 g/mol. The van der Waals surface area contributed by atoms with E-state index in [2.05, 4.69) is 46.2 Å². The number of pyridine rings is 1. The number of ether oxygens (including phenoxy) is 1. The van der Waals surface area contributed by atoms with Crippen LogP contribution >= 0.6 is 0 Å². The fraction of sp³-hybridized carbons (Fsp3) is 0.323. The number of piperazine rings is 1. The molecule has 1 aliphatic carbocycles. The molecule has 1 radical (unpaired) electrons. The molecular weight excluding hydrogens is 605 g/mol. The maximum absolute atomic E-state index is 11.9. The van der Waals surface area contributed by atoms with Gasteiger partial charge in [0.05, 0.1) is 7.11 Å². The van der Waals surface area contributed by atoms with Gasteiger partial charge in [0.15, 0.2) is 5.82 Å². The topological polar surface area (TPSA) is 115 Å². The average Bonchev–Trinajstić information content (AvgIpc) is 3.37. The molecule has 2 N–H and O–H groups in total. The third-order valence-corrected chi connectivity index (χ3v) is 8.58. The molecule has 2 fully saturated rings. The molecule has 211 valence electrons. The van der Waals surface area contributed by atoms with Gasteiger partial charge in [-0.3, -0.25) is 4.90 Å². The molecule has 2 aliphatic rings. The Morgan fingerprint density at radius 1 is 1.05 bits per heavy atom. The summed E-state index contributed by atoms with van der Waals surface area (Å²) in [6.07, 6.45) is 3.20. The Morgan fingerprint density at radius 3 is 2.55 bits per heavy atom. The van der Waals surface area contributed by atoms with E-state index in [-0.39, 0.29) is 44.7 Å². The first-order chi connectivity index (χ1) is 20.0. The molecule has 4 heterocycles. The summed E-state index contributed by atoms with van der Waals surface area (Å²) in [6, 6.07) is 20.0. The number of carbonyl (C=O) groups excluding carboxylic acids is 1. The number of fused-ring (bicyclic) bond motifs is 2.